The van der Waals surface area contributed by atoms with Gasteiger partial charge in [0.15, 0.2) is 0 Å². The smallest absolute Gasteiger partial charge is 0.0223 e. The molecular weight excluding hydrogens is 258 g/mol. The Balaban J connectivity index is 1.54. The van der Waals surface area contributed by atoms with Gasteiger partial charge in [-0.2, -0.15) is 0 Å². The van der Waals surface area contributed by atoms with E-state index in [4.69, 9.17) is 0 Å². The van der Waals surface area contributed by atoms with Crippen molar-refractivity contribution < 1.29 is 0 Å². The normalized spacial score (nSPS) is 34.6. The van der Waals surface area contributed by atoms with Crippen LogP contribution in [0.15, 0.2) is 0 Å². The van der Waals surface area contributed by atoms with Gasteiger partial charge in [0.05, 0.1) is 0 Å². The fraction of sp³-hybridized carbons (Fsp3) is 1.00. The van der Waals surface area contributed by atoms with Crippen molar-refractivity contribution >= 4 is 0 Å². The van der Waals surface area contributed by atoms with Crippen molar-refractivity contribution in [2.45, 2.75) is 82.3 Å². The zero-order chi connectivity index (χ0) is 14.7. The van der Waals surface area contributed by atoms with Crippen LogP contribution in [-0.2, 0) is 0 Å². The minimum atomic E-state index is 0.446. The third-order valence-corrected chi connectivity index (χ3v) is 6.53. The van der Waals surface area contributed by atoms with Gasteiger partial charge in [-0.1, -0.05) is 25.7 Å². The van der Waals surface area contributed by atoms with E-state index in [2.05, 4.69) is 29.1 Å². The third-order valence-electron chi connectivity index (χ3n) is 6.53. The number of fused-ring (bicyclic) bond motifs is 1. The Labute approximate surface area is 131 Å². The molecule has 1 N–H and O–H groups in total. The second-order valence-electron chi connectivity index (χ2n) is 7.83. The summed E-state index contributed by atoms with van der Waals surface area (Å²) in [6.45, 7) is 7.71. The van der Waals surface area contributed by atoms with Crippen LogP contribution in [0.1, 0.15) is 64.7 Å². The number of nitrogens with zero attached hydrogens (tertiary/aromatic N) is 2. The van der Waals surface area contributed by atoms with Crippen molar-refractivity contribution in [2.24, 2.45) is 0 Å². The van der Waals surface area contributed by atoms with E-state index in [0.717, 1.165) is 12.1 Å². The Morgan fingerprint density at radius 1 is 1.05 bits per heavy atom. The Morgan fingerprint density at radius 2 is 1.86 bits per heavy atom. The summed E-state index contributed by atoms with van der Waals surface area (Å²) < 4.78 is 0. The lowest BCUT2D eigenvalue weighted by molar-refractivity contribution is 0.00959. The lowest BCUT2D eigenvalue weighted by Gasteiger charge is -2.48. The van der Waals surface area contributed by atoms with Crippen molar-refractivity contribution in [2.75, 3.05) is 33.2 Å². The van der Waals surface area contributed by atoms with Gasteiger partial charge in [-0.25, -0.2) is 0 Å². The van der Waals surface area contributed by atoms with Gasteiger partial charge in [0, 0.05) is 37.3 Å². The number of nitrogens with one attached hydrogen (secondary N) is 1. The highest BCUT2D eigenvalue weighted by atomic mass is 15.3. The molecule has 0 aromatic heterocycles. The first kappa shape index (κ1) is 15.8. The van der Waals surface area contributed by atoms with Crippen LogP contribution in [0.2, 0.25) is 0 Å². The van der Waals surface area contributed by atoms with Crippen LogP contribution in [0.3, 0.4) is 0 Å². The fourth-order valence-corrected chi connectivity index (χ4v) is 4.94. The molecule has 0 aromatic carbocycles. The van der Waals surface area contributed by atoms with Crippen molar-refractivity contribution in [3.05, 3.63) is 0 Å². The van der Waals surface area contributed by atoms with Crippen LogP contribution in [0.5, 0.6) is 0 Å². The molecule has 3 fully saturated rings. The topological polar surface area (TPSA) is 18.5 Å². The molecule has 2 saturated heterocycles. The summed E-state index contributed by atoms with van der Waals surface area (Å²) in [4.78, 5) is 5.55. The first-order chi connectivity index (χ1) is 10.2. The summed E-state index contributed by atoms with van der Waals surface area (Å²) in [5.41, 5.74) is 0.446. The van der Waals surface area contributed by atoms with Gasteiger partial charge in [-0.15, -0.1) is 0 Å². The van der Waals surface area contributed by atoms with E-state index in [1.807, 2.05) is 0 Å². The van der Waals surface area contributed by atoms with E-state index in [0.29, 0.717) is 5.54 Å². The van der Waals surface area contributed by atoms with Gasteiger partial charge < -0.3 is 5.32 Å². The molecule has 0 spiro atoms. The summed E-state index contributed by atoms with van der Waals surface area (Å²) >= 11 is 0. The quantitative estimate of drug-likeness (QED) is 0.860. The molecule has 1 saturated carbocycles. The molecule has 0 radical (unpaired) electrons. The molecule has 3 aliphatic rings. The monoisotopic (exact) mass is 293 g/mol. The number of hydrogen-bond donors (Lipinski definition) is 1. The summed E-state index contributed by atoms with van der Waals surface area (Å²) in [5.74, 6) is 0. The van der Waals surface area contributed by atoms with E-state index < -0.39 is 0 Å². The third kappa shape index (κ3) is 3.62. The Bertz CT molecular complexity index is 324. The van der Waals surface area contributed by atoms with E-state index in [9.17, 15) is 0 Å². The Morgan fingerprint density at radius 3 is 2.62 bits per heavy atom. The summed E-state index contributed by atoms with van der Waals surface area (Å²) in [6.07, 6.45) is 12.7. The maximum atomic E-state index is 3.69. The molecule has 2 heterocycles. The van der Waals surface area contributed by atoms with Gasteiger partial charge >= 0.3 is 0 Å². The van der Waals surface area contributed by atoms with Gasteiger partial charge in [0.25, 0.3) is 0 Å². The standard InChI is InChI=1S/C18H35N3/c1-16-14-21-12-7-4-8-17(21)15-20(16)13-11-18(19-2)9-5-3-6-10-18/h16-17,19H,3-15H2,1-2H3. The molecule has 2 unspecified atom stereocenters. The zero-order valence-electron chi connectivity index (χ0n) is 14.2. The Hall–Kier alpha value is -0.120. The predicted molar refractivity (Wildman–Crippen MR) is 89.7 cm³/mol. The summed E-state index contributed by atoms with van der Waals surface area (Å²) in [6, 6.07) is 1.60. The lowest BCUT2D eigenvalue weighted by Crippen LogP contribution is -2.59. The van der Waals surface area contributed by atoms with Gasteiger partial charge in [0.1, 0.15) is 0 Å². The molecule has 1 aliphatic carbocycles. The highest BCUT2D eigenvalue weighted by Crippen LogP contribution is 2.32. The van der Waals surface area contributed by atoms with E-state index >= 15 is 0 Å². The average molecular weight is 293 g/mol. The van der Waals surface area contributed by atoms with Gasteiger partial charge in [-0.05, 0) is 52.6 Å². The first-order valence-electron chi connectivity index (χ1n) is 9.39. The minimum Gasteiger partial charge on any atom is -0.314 e. The van der Waals surface area contributed by atoms with Crippen LogP contribution < -0.4 is 5.32 Å². The molecule has 0 amide bonds. The minimum absolute atomic E-state index is 0.446. The van der Waals surface area contributed by atoms with Crippen LogP contribution in [0, 0.1) is 0 Å². The van der Waals surface area contributed by atoms with Crippen molar-refractivity contribution in [3.8, 4) is 0 Å². The SMILES string of the molecule is CNC1(CCN2CC3CCCCN3CC2C)CCCCC1. The van der Waals surface area contributed by atoms with Crippen LogP contribution in [-0.4, -0.2) is 60.6 Å². The maximum absolute atomic E-state index is 3.69. The molecule has 2 aliphatic heterocycles. The second kappa shape index (κ2) is 6.97. The number of rotatable bonds is 4. The summed E-state index contributed by atoms with van der Waals surface area (Å²) in [7, 11) is 2.19. The largest absolute Gasteiger partial charge is 0.314 e. The highest BCUT2D eigenvalue weighted by molar-refractivity contribution is 4.93. The Kier molecular flexibility index (Phi) is 5.23. The fourth-order valence-electron chi connectivity index (χ4n) is 4.94. The molecule has 2 atom stereocenters. The molecule has 0 bridgehead atoms. The van der Waals surface area contributed by atoms with E-state index in [-0.39, 0.29) is 0 Å². The van der Waals surface area contributed by atoms with Crippen molar-refractivity contribution in [3.63, 3.8) is 0 Å². The second-order valence-corrected chi connectivity index (χ2v) is 7.83. The molecule has 0 aromatic rings. The number of hydrogen-bond acceptors (Lipinski definition) is 3. The van der Waals surface area contributed by atoms with Gasteiger partial charge in [-0.3, -0.25) is 9.80 Å². The highest BCUT2D eigenvalue weighted by Gasteiger charge is 2.35. The summed E-state index contributed by atoms with van der Waals surface area (Å²) in [5, 5.41) is 3.69. The average Bonchev–Trinajstić information content (AvgIpc) is 2.54. The van der Waals surface area contributed by atoms with Crippen LogP contribution >= 0.6 is 0 Å². The predicted octanol–water partition coefficient (Wildman–Crippen LogP) is 2.86. The van der Waals surface area contributed by atoms with Crippen molar-refractivity contribution in [1.29, 1.82) is 0 Å². The number of piperidine rings is 1. The molecule has 21 heavy (non-hydrogen) atoms. The van der Waals surface area contributed by atoms with E-state index in [1.54, 1.807) is 0 Å². The van der Waals surface area contributed by atoms with Gasteiger partial charge in [0.2, 0.25) is 0 Å². The molecule has 122 valence electrons. The van der Waals surface area contributed by atoms with Crippen LogP contribution in [0.4, 0.5) is 0 Å². The molecule has 3 rings (SSSR count). The zero-order valence-corrected chi connectivity index (χ0v) is 14.2. The van der Waals surface area contributed by atoms with E-state index in [1.165, 1.54) is 84.0 Å². The molecular formula is C18H35N3. The number of piperazine rings is 1. The molecule has 3 nitrogen and oxygen atoms in total. The maximum Gasteiger partial charge on any atom is 0.0223 e. The van der Waals surface area contributed by atoms with Crippen molar-refractivity contribution in [1.82, 2.24) is 15.1 Å². The first-order valence-corrected chi connectivity index (χ1v) is 9.39. The lowest BCUT2D eigenvalue weighted by atomic mass is 9.79. The van der Waals surface area contributed by atoms with Crippen LogP contribution in [0.25, 0.3) is 0 Å². The molecule has 3 heteroatoms.